The normalized spacial score (nSPS) is 10.8. The van der Waals surface area contributed by atoms with Crippen LogP contribution in [0.1, 0.15) is 32.9 Å². The molecule has 0 aliphatic carbocycles. The van der Waals surface area contributed by atoms with Gasteiger partial charge in [-0.05, 0) is 66.2 Å². The number of hydrazone groups is 1. The van der Waals surface area contributed by atoms with Crippen LogP contribution in [0.25, 0.3) is 5.69 Å². The molecular weight excluding hydrogens is 423 g/mol. The molecule has 0 saturated heterocycles. The van der Waals surface area contributed by atoms with Crippen LogP contribution in [-0.2, 0) is 0 Å². The zero-order chi connectivity index (χ0) is 20.3. The monoisotopic (exact) mass is 438 g/mol. The van der Waals surface area contributed by atoms with Gasteiger partial charge in [0.2, 0.25) is 0 Å². The van der Waals surface area contributed by atoms with Crippen molar-refractivity contribution in [1.82, 2.24) is 9.99 Å². The molecule has 0 saturated carbocycles. The number of aryl methyl sites for hydroxylation is 1. The minimum absolute atomic E-state index is 0.150. The van der Waals surface area contributed by atoms with Gasteiger partial charge in [0.1, 0.15) is 5.82 Å². The van der Waals surface area contributed by atoms with Crippen molar-refractivity contribution in [2.24, 2.45) is 5.10 Å². The molecule has 0 aliphatic rings. The third-order valence-corrected chi connectivity index (χ3v) is 4.95. The summed E-state index contributed by atoms with van der Waals surface area (Å²) < 4.78 is 17.0. The van der Waals surface area contributed by atoms with E-state index in [1.54, 1.807) is 0 Å². The number of carbonyl (C=O) groups is 1. The van der Waals surface area contributed by atoms with E-state index in [2.05, 4.69) is 31.0 Å². The average molecular weight is 439 g/mol. The van der Waals surface area contributed by atoms with Gasteiger partial charge in [0.15, 0.2) is 0 Å². The predicted molar refractivity (Wildman–Crippen MR) is 109 cm³/mol. The Morgan fingerprint density at radius 1 is 1.25 bits per heavy atom. The standard InChI is InChI=1S/C21H16BrFN4O/c1-13-9-16(14(2)27(13)20-6-4-3-5-18(20)22)12-25-26-21(28)17-8-7-15(11-24)10-19(17)23/h3-10,12H,1-2H3,(H,26,28)/b25-12-. The van der Waals surface area contributed by atoms with Crippen molar-refractivity contribution in [1.29, 1.82) is 5.26 Å². The summed E-state index contributed by atoms with van der Waals surface area (Å²) in [4.78, 5) is 12.1. The van der Waals surface area contributed by atoms with Crippen LogP contribution in [0.2, 0.25) is 0 Å². The Morgan fingerprint density at radius 3 is 2.68 bits per heavy atom. The molecule has 1 amide bonds. The van der Waals surface area contributed by atoms with Crippen LogP contribution in [0, 0.1) is 31.0 Å². The molecule has 5 nitrogen and oxygen atoms in total. The Kier molecular flexibility index (Phi) is 5.71. The van der Waals surface area contributed by atoms with Gasteiger partial charge in [-0.2, -0.15) is 10.4 Å². The van der Waals surface area contributed by atoms with Crippen molar-refractivity contribution < 1.29 is 9.18 Å². The summed E-state index contributed by atoms with van der Waals surface area (Å²) in [5.74, 6) is -1.45. The molecule has 140 valence electrons. The fourth-order valence-corrected chi connectivity index (χ4v) is 3.37. The Labute approximate surface area is 170 Å². The smallest absolute Gasteiger partial charge is 0.274 e. The van der Waals surface area contributed by atoms with Crippen molar-refractivity contribution in [3.63, 3.8) is 0 Å². The molecule has 0 radical (unpaired) electrons. The first-order valence-corrected chi connectivity index (χ1v) is 9.18. The van der Waals surface area contributed by atoms with E-state index in [0.29, 0.717) is 0 Å². The van der Waals surface area contributed by atoms with E-state index in [1.807, 2.05) is 50.2 Å². The first kappa shape index (κ1) is 19.5. The highest BCUT2D eigenvalue weighted by Crippen LogP contribution is 2.26. The molecule has 3 aromatic rings. The molecule has 0 fully saturated rings. The number of rotatable bonds is 4. The van der Waals surface area contributed by atoms with Crippen LogP contribution in [0.15, 0.2) is 58.1 Å². The van der Waals surface area contributed by atoms with Crippen LogP contribution < -0.4 is 5.43 Å². The van der Waals surface area contributed by atoms with Gasteiger partial charge < -0.3 is 4.57 Å². The van der Waals surface area contributed by atoms with Crippen molar-refractivity contribution in [3.8, 4) is 11.8 Å². The SMILES string of the molecule is Cc1cc(/C=N\NC(=O)c2ccc(C#N)cc2F)c(C)n1-c1ccccc1Br. The average Bonchev–Trinajstić information content (AvgIpc) is 2.95. The minimum Gasteiger partial charge on any atom is -0.317 e. The van der Waals surface area contributed by atoms with Crippen LogP contribution in [0.4, 0.5) is 4.39 Å². The third-order valence-electron chi connectivity index (χ3n) is 4.28. The fraction of sp³-hybridized carbons (Fsp3) is 0.0952. The molecule has 1 heterocycles. The van der Waals surface area contributed by atoms with Crippen molar-refractivity contribution in [2.45, 2.75) is 13.8 Å². The maximum Gasteiger partial charge on any atom is 0.274 e. The van der Waals surface area contributed by atoms with Crippen molar-refractivity contribution in [3.05, 3.63) is 86.9 Å². The largest absolute Gasteiger partial charge is 0.317 e. The van der Waals surface area contributed by atoms with Gasteiger partial charge in [-0.1, -0.05) is 12.1 Å². The summed E-state index contributed by atoms with van der Waals surface area (Å²) in [6, 6.07) is 15.3. The Balaban J connectivity index is 1.81. The topological polar surface area (TPSA) is 70.2 Å². The van der Waals surface area contributed by atoms with Crippen molar-refractivity contribution >= 4 is 28.1 Å². The van der Waals surface area contributed by atoms with E-state index in [-0.39, 0.29) is 11.1 Å². The van der Waals surface area contributed by atoms with Gasteiger partial charge in [-0.25, -0.2) is 9.82 Å². The van der Waals surface area contributed by atoms with Gasteiger partial charge >= 0.3 is 0 Å². The zero-order valence-corrected chi connectivity index (χ0v) is 16.8. The lowest BCUT2D eigenvalue weighted by molar-refractivity contribution is 0.0951. The molecule has 0 bridgehead atoms. The molecular formula is C21H16BrFN4O. The number of nitrogens with one attached hydrogen (secondary N) is 1. The quantitative estimate of drug-likeness (QED) is 0.476. The number of hydrogen-bond donors (Lipinski definition) is 1. The summed E-state index contributed by atoms with van der Waals surface area (Å²) in [7, 11) is 0. The van der Waals surface area contributed by atoms with E-state index in [4.69, 9.17) is 5.26 Å². The first-order valence-electron chi connectivity index (χ1n) is 8.39. The number of aromatic nitrogens is 1. The summed E-state index contributed by atoms with van der Waals surface area (Å²) >= 11 is 3.56. The summed E-state index contributed by atoms with van der Waals surface area (Å²) in [6.07, 6.45) is 1.52. The Hall–Kier alpha value is -3.24. The Bertz CT molecular complexity index is 1130. The molecule has 3 rings (SSSR count). The number of benzene rings is 2. The predicted octanol–water partition coefficient (Wildman–Crippen LogP) is 4.63. The molecule has 1 N–H and O–H groups in total. The summed E-state index contributed by atoms with van der Waals surface area (Å²) in [6.45, 7) is 3.93. The molecule has 1 aromatic heterocycles. The van der Waals surface area contributed by atoms with Gasteiger partial charge in [-0.15, -0.1) is 0 Å². The van der Waals surface area contributed by atoms with Gasteiger partial charge in [0.05, 0.1) is 29.1 Å². The zero-order valence-electron chi connectivity index (χ0n) is 15.2. The third kappa shape index (κ3) is 3.87. The fourth-order valence-electron chi connectivity index (χ4n) is 2.91. The van der Waals surface area contributed by atoms with Crippen LogP contribution >= 0.6 is 15.9 Å². The van der Waals surface area contributed by atoms with Gasteiger partial charge in [-0.3, -0.25) is 4.79 Å². The van der Waals surface area contributed by atoms with E-state index >= 15 is 0 Å². The second-order valence-corrected chi connectivity index (χ2v) is 6.97. The van der Waals surface area contributed by atoms with Crippen molar-refractivity contribution in [2.75, 3.05) is 0 Å². The number of nitriles is 1. The maximum atomic E-state index is 13.9. The van der Waals surface area contributed by atoms with Crippen LogP contribution in [0.5, 0.6) is 0 Å². The number of para-hydroxylation sites is 1. The van der Waals surface area contributed by atoms with Crippen LogP contribution in [0.3, 0.4) is 0 Å². The van der Waals surface area contributed by atoms with E-state index in [0.717, 1.165) is 33.2 Å². The lowest BCUT2D eigenvalue weighted by atomic mass is 10.1. The Morgan fingerprint density at radius 2 is 2.00 bits per heavy atom. The highest BCUT2D eigenvalue weighted by Gasteiger charge is 2.13. The summed E-state index contributed by atoms with van der Waals surface area (Å²) in [5, 5.41) is 12.7. The molecule has 28 heavy (non-hydrogen) atoms. The molecule has 0 spiro atoms. The van der Waals surface area contributed by atoms with Gasteiger partial charge in [0.25, 0.3) is 5.91 Å². The lowest BCUT2D eigenvalue weighted by Crippen LogP contribution is -2.19. The van der Waals surface area contributed by atoms with E-state index < -0.39 is 11.7 Å². The first-order chi connectivity index (χ1) is 13.4. The van der Waals surface area contributed by atoms with E-state index in [1.165, 1.54) is 18.3 Å². The summed E-state index contributed by atoms with van der Waals surface area (Å²) in [5.41, 5.74) is 6.09. The minimum atomic E-state index is -0.765. The molecule has 0 aliphatic heterocycles. The number of hydrogen-bond acceptors (Lipinski definition) is 3. The second-order valence-electron chi connectivity index (χ2n) is 6.12. The highest BCUT2D eigenvalue weighted by atomic mass is 79.9. The molecule has 2 aromatic carbocycles. The van der Waals surface area contributed by atoms with E-state index in [9.17, 15) is 9.18 Å². The molecule has 7 heteroatoms. The molecule has 0 atom stereocenters. The number of nitrogens with zero attached hydrogens (tertiary/aromatic N) is 3. The number of halogens is 2. The number of carbonyl (C=O) groups excluding carboxylic acids is 1. The maximum absolute atomic E-state index is 13.9. The van der Waals surface area contributed by atoms with Gasteiger partial charge in [0, 0.05) is 21.4 Å². The lowest BCUT2D eigenvalue weighted by Gasteiger charge is -2.11. The highest BCUT2D eigenvalue weighted by molar-refractivity contribution is 9.10. The van der Waals surface area contributed by atoms with Crippen LogP contribution in [-0.4, -0.2) is 16.7 Å². The number of amides is 1. The second kappa shape index (κ2) is 8.19. The molecule has 0 unspecified atom stereocenters.